The molecule has 0 aliphatic carbocycles. The van der Waals surface area contributed by atoms with Crippen LogP contribution in [0.25, 0.3) is 0 Å². The van der Waals surface area contributed by atoms with Crippen molar-refractivity contribution >= 4 is 5.91 Å². The Morgan fingerprint density at radius 2 is 2.11 bits per heavy atom. The molecule has 0 aliphatic rings. The van der Waals surface area contributed by atoms with Crippen molar-refractivity contribution in [2.24, 2.45) is 5.73 Å². The smallest absolute Gasteiger partial charge is 0.224 e. The molecule has 0 spiro atoms. The minimum absolute atomic E-state index is 0.0602. The summed E-state index contributed by atoms with van der Waals surface area (Å²) >= 11 is 0. The number of carbonyl (C=O) groups excluding carboxylic acids is 1. The van der Waals surface area contributed by atoms with E-state index in [4.69, 9.17) is 10.3 Å². The van der Waals surface area contributed by atoms with Gasteiger partial charge in [0, 0.05) is 12.6 Å². The predicted molar refractivity (Wildman–Crippen MR) is 71.1 cm³/mol. The third kappa shape index (κ3) is 3.66. The van der Waals surface area contributed by atoms with E-state index < -0.39 is 0 Å². The summed E-state index contributed by atoms with van der Waals surface area (Å²) in [7, 11) is 0. The van der Waals surface area contributed by atoms with Gasteiger partial charge in [-0.25, -0.2) is 0 Å². The van der Waals surface area contributed by atoms with Gasteiger partial charge >= 0.3 is 0 Å². The van der Waals surface area contributed by atoms with Crippen molar-refractivity contribution in [2.45, 2.75) is 26.4 Å². The number of nitrogens with one attached hydrogen (secondary N) is 1. The molecule has 0 radical (unpaired) electrons. The largest absolute Gasteiger partial charge is 0.359 e. The third-order valence-electron chi connectivity index (χ3n) is 2.83. The molecule has 0 unspecified atom stereocenters. The lowest BCUT2D eigenvalue weighted by Gasteiger charge is -2.07. The molecule has 0 saturated carbocycles. The van der Waals surface area contributed by atoms with E-state index in [1.54, 1.807) is 6.07 Å². The predicted octanol–water partition coefficient (Wildman–Crippen LogP) is 1.30. The number of hydrogen-bond donors (Lipinski definition) is 2. The van der Waals surface area contributed by atoms with E-state index in [1.165, 1.54) is 0 Å². The number of hydrogen-bond acceptors (Lipinski definition) is 4. The molecule has 1 aromatic carbocycles. The van der Waals surface area contributed by atoms with Crippen LogP contribution in [0.4, 0.5) is 0 Å². The van der Waals surface area contributed by atoms with Crippen LogP contribution in [0.1, 0.15) is 22.6 Å². The molecule has 0 saturated heterocycles. The Morgan fingerprint density at radius 1 is 1.37 bits per heavy atom. The van der Waals surface area contributed by atoms with E-state index in [0.717, 1.165) is 16.8 Å². The van der Waals surface area contributed by atoms with E-state index >= 15 is 0 Å². The van der Waals surface area contributed by atoms with Gasteiger partial charge in [0.2, 0.25) is 5.91 Å². The Bertz CT molecular complexity index is 563. The van der Waals surface area contributed by atoms with Gasteiger partial charge in [-0.1, -0.05) is 29.4 Å². The lowest BCUT2D eigenvalue weighted by Crippen LogP contribution is -2.25. The number of aromatic nitrogens is 1. The van der Waals surface area contributed by atoms with Gasteiger partial charge in [-0.05, 0) is 18.1 Å². The molecule has 0 aliphatic heterocycles. The maximum absolute atomic E-state index is 11.8. The Labute approximate surface area is 111 Å². The topological polar surface area (TPSA) is 81.2 Å². The van der Waals surface area contributed by atoms with Crippen LogP contribution in [0.5, 0.6) is 0 Å². The van der Waals surface area contributed by atoms with Crippen molar-refractivity contribution in [3.8, 4) is 0 Å². The van der Waals surface area contributed by atoms with Crippen LogP contribution in [0.3, 0.4) is 0 Å². The number of rotatable bonds is 5. The molecule has 1 amide bonds. The summed E-state index contributed by atoms with van der Waals surface area (Å²) in [5, 5.41) is 6.56. The minimum Gasteiger partial charge on any atom is -0.359 e. The summed E-state index contributed by atoms with van der Waals surface area (Å²) < 4.78 is 5.03. The van der Waals surface area contributed by atoms with Crippen molar-refractivity contribution in [1.82, 2.24) is 10.5 Å². The number of amides is 1. The minimum atomic E-state index is -0.0602. The van der Waals surface area contributed by atoms with Gasteiger partial charge in [-0.2, -0.15) is 0 Å². The molecule has 2 rings (SSSR count). The van der Waals surface area contributed by atoms with Gasteiger partial charge in [0.05, 0.1) is 18.7 Å². The number of nitrogens with two attached hydrogens (primary N) is 1. The van der Waals surface area contributed by atoms with Crippen LogP contribution < -0.4 is 11.1 Å². The van der Waals surface area contributed by atoms with Gasteiger partial charge in [-0.3, -0.25) is 4.79 Å². The quantitative estimate of drug-likeness (QED) is 0.848. The first-order chi connectivity index (χ1) is 9.19. The Morgan fingerprint density at radius 3 is 2.74 bits per heavy atom. The maximum Gasteiger partial charge on any atom is 0.224 e. The van der Waals surface area contributed by atoms with Crippen LogP contribution in [0.2, 0.25) is 0 Å². The molecule has 0 fully saturated rings. The second kappa shape index (κ2) is 6.15. The molecule has 19 heavy (non-hydrogen) atoms. The molecule has 1 aromatic heterocycles. The van der Waals surface area contributed by atoms with Crippen LogP contribution >= 0.6 is 0 Å². The van der Waals surface area contributed by atoms with E-state index in [9.17, 15) is 4.79 Å². The standard InChI is InChI=1S/C14H17N3O2/c1-10-6-13(19-17-10)9-16-14(18)7-11-4-2-3-5-12(11)8-15/h2-6H,7-9,15H2,1H3,(H,16,18). The number of carbonyl (C=O) groups is 1. The van der Waals surface area contributed by atoms with Crippen molar-refractivity contribution < 1.29 is 9.32 Å². The molecule has 3 N–H and O–H groups in total. The highest BCUT2D eigenvalue weighted by Gasteiger charge is 2.08. The van der Waals surface area contributed by atoms with Crippen molar-refractivity contribution in [3.63, 3.8) is 0 Å². The lowest BCUT2D eigenvalue weighted by atomic mass is 10.0. The maximum atomic E-state index is 11.8. The Balaban J connectivity index is 1.90. The van der Waals surface area contributed by atoms with Crippen LogP contribution in [0.15, 0.2) is 34.9 Å². The lowest BCUT2D eigenvalue weighted by molar-refractivity contribution is -0.120. The fraction of sp³-hybridized carbons (Fsp3) is 0.286. The highest BCUT2D eigenvalue weighted by Crippen LogP contribution is 2.09. The van der Waals surface area contributed by atoms with Crippen LogP contribution in [-0.4, -0.2) is 11.1 Å². The molecule has 2 aromatic rings. The van der Waals surface area contributed by atoms with Crippen molar-refractivity contribution in [2.75, 3.05) is 0 Å². The molecule has 100 valence electrons. The number of benzene rings is 1. The summed E-state index contributed by atoms with van der Waals surface area (Å²) in [5.41, 5.74) is 8.39. The summed E-state index contributed by atoms with van der Waals surface area (Å²) in [6.45, 7) is 2.63. The molecular weight excluding hydrogens is 242 g/mol. The zero-order valence-electron chi connectivity index (χ0n) is 10.8. The normalized spacial score (nSPS) is 10.4. The molecular formula is C14H17N3O2. The first kappa shape index (κ1) is 13.3. The average molecular weight is 259 g/mol. The van der Waals surface area contributed by atoms with Gasteiger partial charge in [0.25, 0.3) is 0 Å². The first-order valence-electron chi connectivity index (χ1n) is 6.15. The Hall–Kier alpha value is -2.14. The molecule has 1 heterocycles. The van der Waals surface area contributed by atoms with E-state index in [-0.39, 0.29) is 5.91 Å². The van der Waals surface area contributed by atoms with Crippen LogP contribution in [-0.2, 0) is 24.3 Å². The zero-order chi connectivity index (χ0) is 13.7. The summed E-state index contributed by atoms with van der Waals surface area (Å²) in [4.78, 5) is 11.8. The number of aryl methyl sites for hydroxylation is 1. The number of nitrogens with zero attached hydrogens (tertiary/aromatic N) is 1. The van der Waals surface area contributed by atoms with Gasteiger partial charge < -0.3 is 15.6 Å². The molecule has 5 heteroatoms. The molecule has 5 nitrogen and oxygen atoms in total. The highest BCUT2D eigenvalue weighted by molar-refractivity contribution is 5.78. The van der Waals surface area contributed by atoms with Crippen molar-refractivity contribution in [1.29, 1.82) is 0 Å². The summed E-state index contributed by atoms with van der Waals surface area (Å²) in [6.07, 6.45) is 0.320. The second-order valence-electron chi connectivity index (χ2n) is 4.36. The molecule has 0 bridgehead atoms. The summed E-state index contributed by atoms with van der Waals surface area (Å²) in [5.74, 6) is 0.591. The Kier molecular flexibility index (Phi) is 4.30. The van der Waals surface area contributed by atoms with Gasteiger partial charge in [-0.15, -0.1) is 0 Å². The highest BCUT2D eigenvalue weighted by atomic mass is 16.5. The fourth-order valence-electron chi connectivity index (χ4n) is 1.85. The van der Waals surface area contributed by atoms with E-state index in [1.807, 2.05) is 31.2 Å². The zero-order valence-corrected chi connectivity index (χ0v) is 10.8. The second-order valence-corrected chi connectivity index (χ2v) is 4.36. The van der Waals surface area contributed by atoms with Crippen LogP contribution in [0, 0.1) is 6.92 Å². The van der Waals surface area contributed by atoms with Gasteiger partial charge in [0.15, 0.2) is 5.76 Å². The third-order valence-corrected chi connectivity index (χ3v) is 2.83. The first-order valence-corrected chi connectivity index (χ1v) is 6.15. The average Bonchev–Trinajstić information content (AvgIpc) is 2.83. The van der Waals surface area contributed by atoms with E-state index in [2.05, 4.69) is 10.5 Å². The SMILES string of the molecule is Cc1cc(CNC(=O)Cc2ccccc2CN)on1. The van der Waals surface area contributed by atoms with E-state index in [0.29, 0.717) is 25.3 Å². The fourth-order valence-corrected chi connectivity index (χ4v) is 1.85. The van der Waals surface area contributed by atoms with Gasteiger partial charge in [0.1, 0.15) is 0 Å². The molecule has 0 atom stereocenters. The van der Waals surface area contributed by atoms with Crippen molar-refractivity contribution in [3.05, 3.63) is 52.9 Å². The monoisotopic (exact) mass is 259 g/mol. The summed E-state index contributed by atoms with van der Waals surface area (Å²) in [6, 6.07) is 9.47.